The first-order valence-electron chi connectivity index (χ1n) is 3.38. The fourth-order valence-corrected chi connectivity index (χ4v) is 1.03. The van der Waals surface area contributed by atoms with Crippen molar-refractivity contribution in [2.24, 2.45) is 0 Å². The molecule has 1 heterocycles. The third-order valence-electron chi connectivity index (χ3n) is 1.93. The smallest absolute Gasteiger partial charge is 0.0642 e. The molecule has 0 saturated carbocycles. The van der Waals surface area contributed by atoms with Gasteiger partial charge in [-0.25, -0.2) is 0 Å². The largest absolute Gasteiger partial charge is 0.459 e. The Balaban J connectivity index is 0.000000810. The van der Waals surface area contributed by atoms with Crippen molar-refractivity contribution in [2.45, 2.75) is 25.4 Å². The van der Waals surface area contributed by atoms with E-state index < -0.39 is 5.60 Å². The van der Waals surface area contributed by atoms with Crippen LogP contribution in [0.4, 0.5) is 0 Å². The second-order valence-corrected chi connectivity index (χ2v) is 3.11. The normalized spacial score (nSPS) is 25.5. The van der Waals surface area contributed by atoms with Crippen LogP contribution in [0.15, 0.2) is 0 Å². The SMILES string of the molecule is [CH2-]N1CCC(C)(O)CC1.[Y]. The van der Waals surface area contributed by atoms with Gasteiger partial charge in [-0.05, 0) is 32.9 Å². The van der Waals surface area contributed by atoms with E-state index in [1.165, 1.54) is 0 Å². The third kappa shape index (κ3) is 3.43. The zero-order valence-electron chi connectivity index (χ0n) is 6.51. The minimum Gasteiger partial charge on any atom is -0.459 e. The van der Waals surface area contributed by atoms with Crippen LogP contribution >= 0.6 is 0 Å². The number of rotatable bonds is 0. The molecule has 0 unspecified atom stereocenters. The predicted octanol–water partition coefficient (Wildman–Crippen LogP) is 0.622. The molecule has 1 N–H and O–H groups in total. The number of hydrogen-bond donors (Lipinski definition) is 1. The minimum absolute atomic E-state index is 0. The first-order valence-corrected chi connectivity index (χ1v) is 3.38. The molecule has 1 rings (SSSR count). The Morgan fingerprint density at radius 2 is 1.80 bits per heavy atom. The molecule has 0 aromatic carbocycles. The summed E-state index contributed by atoms with van der Waals surface area (Å²) in [5.74, 6) is 0. The second-order valence-electron chi connectivity index (χ2n) is 3.11. The van der Waals surface area contributed by atoms with Crippen molar-refractivity contribution < 1.29 is 37.8 Å². The monoisotopic (exact) mass is 217 g/mol. The van der Waals surface area contributed by atoms with Gasteiger partial charge in [-0.3, -0.25) is 7.05 Å². The Labute approximate surface area is 87.9 Å². The fourth-order valence-electron chi connectivity index (χ4n) is 1.03. The van der Waals surface area contributed by atoms with Crippen LogP contribution in [0.2, 0.25) is 0 Å². The van der Waals surface area contributed by atoms with E-state index in [4.69, 9.17) is 0 Å². The Bertz CT molecular complexity index is 95.8. The van der Waals surface area contributed by atoms with Crippen LogP contribution in [0, 0.1) is 7.05 Å². The number of aliphatic hydroxyl groups is 1. The summed E-state index contributed by atoms with van der Waals surface area (Å²) >= 11 is 0. The van der Waals surface area contributed by atoms with E-state index in [2.05, 4.69) is 7.05 Å². The molecule has 1 saturated heterocycles. The van der Waals surface area contributed by atoms with Gasteiger partial charge >= 0.3 is 0 Å². The first-order chi connectivity index (χ1) is 4.10. The van der Waals surface area contributed by atoms with Gasteiger partial charge in [0.1, 0.15) is 0 Å². The molecule has 10 heavy (non-hydrogen) atoms. The molecule has 0 amide bonds. The summed E-state index contributed by atoms with van der Waals surface area (Å²) in [6.07, 6.45) is 1.72. The topological polar surface area (TPSA) is 23.5 Å². The molecule has 1 radical (unpaired) electrons. The third-order valence-corrected chi connectivity index (χ3v) is 1.93. The Morgan fingerprint density at radius 3 is 2.10 bits per heavy atom. The van der Waals surface area contributed by atoms with Gasteiger partial charge in [-0.1, -0.05) is 0 Å². The number of likely N-dealkylation sites (tertiary alicyclic amines) is 1. The molecule has 0 aromatic heterocycles. The molecule has 0 aromatic rings. The summed E-state index contributed by atoms with van der Waals surface area (Å²) in [5, 5.41) is 9.44. The van der Waals surface area contributed by atoms with Crippen molar-refractivity contribution in [2.75, 3.05) is 13.1 Å². The molecular formula is C7H14NOY-. The van der Waals surface area contributed by atoms with Gasteiger partial charge in [0.05, 0.1) is 5.60 Å². The molecule has 57 valence electrons. The van der Waals surface area contributed by atoms with Crippen molar-refractivity contribution in [3.05, 3.63) is 7.05 Å². The van der Waals surface area contributed by atoms with E-state index in [1.807, 2.05) is 11.8 Å². The van der Waals surface area contributed by atoms with Crippen LogP contribution in [0.3, 0.4) is 0 Å². The van der Waals surface area contributed by atoms with Crippen molar-refractivity contribution in [1.29, 1.82) is 0 Å². The van der Waals surface area contributed by atoms with Gasteiger partial charge in [0.25, 0.3) is 0 Å². The zero-order chi connectivity index (χ0) is 6.91. The number of piperidine rings is 1. The van der Waals surface area contributed by atoms with Gasteiger partial charge in [-0.15, -0.1) is 0 Å². The summed E-state index contributed by atoms with van der Waals surface area (Å²) in [6.45, 7) is 3.74. The van der Waals surface area contributed by atoms with E-state index in [1.54, 1.807) is 0 Å². The predicted molar refractivity (Wildman–Crippen MR) is 36.8 cm³/mol. The van der Waals surface area contributed by atoms with Crippen LogP contribution in [0.5, 0.6) is 0 Å². The Morgan fingerprint density at radius 1 is 1.40 bits per heavy atom. The Hall–Kier alpha value is 1.02. The average molecular weight is 217 g/mol. The van der Waals surface area contributed by atoms with E-state index in [-0.39, 0.29) is 32.7 Å². The number of hydrogen-bond acceptors (Lipinski definition) is 2. The molecule has 1 fully saturated rings. The zero-order valence-corrected chi connectivity index (χ0v) is 9.35. The molecule has 0 spiro atoms. The van der Waals surface area contributed by atoms with E-state index >= 15 is 0 Å². The van der Waals surface area contributed by atoms with Crippen molar-refractivity contribution >= 4 is 0 Å². The molecular weight excluding hydrogens is 203 g/mol. The maximum absolute atomic E-state index is 9.44. The quantitative estimate of drug-likeness (QED) is 0.601. The second kappa shape index (κ2) is 4.15. The minimum atomic E-state index is -0.422. The van der Waals surface area contributed by atoms with Crippen molar-refractivity contribution in [3.63, 3.8) is 0 Å². The fraction of sp³-hybridized carbons (Fsp3) is 0.857. The van der Waals surface area contributed by atoms with Crippen molar-refractivity contribution in [3.8, 4) is 0 Å². The van der Waals surface area contributed by atoms with Crippen molar-refractivity contribution in [1.82, 2.24) is 4.90 Å². The molecule has 1 aliphatic rings. The van der Waals surface area contributed by atoms with Crippen LogP contribution in [0.25, 0.3) is 0 Å². The van der Waals surface area contributed by atoms with Gasteiger partial charge in [0.15, 0.2) is 0 Å². The molecule has 3 heteroatoms. The molecule has 0 atom stereocenters. The first kappa shape index (κ1) is 11.0. The van der Waals surface area contributed by atoms with E-state index in [9.17, 15) is 5.11 Å². The van der Waals surface area contributed by atoms with Gasteiger partial charge in [0, 0.05) is 32.7 Å². The maximum atomic E-state index is 9.44. The van der Waals surface area contributed by atoms with Gasteiger partial charge in [0.2, 0.25) is 0 Å². The maximum Gasteiger partial charge on any atom is 0.0642 e. The van der Waals surface area contributed by atoms with E-state index in [0.717, 1.165) is 25.9 Å². The summed E-state index contributed by atoms with van der Waals surface area (Å²) in [6, 6.07) is 0. The summed E-state index contributed by atoms with van der Waals surface area (Å²) < 4.78 is 0. The molecule has 2 nitrogen and oxygen atoms in total. The van der Waals surface area contributed by atoms with Crippen LogP contribution in [-0.2, 0) is 32.7 Å². The molecule has 0 aliphatic carbocycles. The molecule has 0 bridgehead atoms. The van der Waals surface area contributed by atoms with Crippen LogP contribution in [-0.4, -0.2) is 28.7 Å². The van der Waals surface area contributed by atoms with E-state index in [0.29, 0.717) is 0 Å². The van der Waals surface area contributed by atoms with Gasteiger partial charge < -0.3 is 10.0 Å². The number of nitrogens with zero attached hydrogens (tertiary/aromatic N) is 1. The van der Waals surface area contributed by atoms with Crippen LogP contribution < -0.4 is 0 Å². The summed E-state index contributed by atoms with van der Waals surface area (Å²) in [5.41, 5.74) is -0.422. The molecule has 1 aliphatic heterocycles. The average Bonchev–Trinajstić information content (AvgIpc) is 1.78. The summed E-state index contributed by atoms with van der Waals surface area (Å²) in [4.78, 5) is 2.00. The van der Waals surface area contributed by atoms with Crippen LogP contribution in [0.1, 0.15) is 19.8 Å². The van der Waals surface area contributed by atoms with Gasteiger partial charge in [-0.2, -0.15) is 0 Å². The standard InChI is InChI=1S/C7H14NO.Y/c1-7(9)3-5-8(2)6-4-7;/h9H,2-6H2,1H3;/q-1;. The summed E-state index contributed by atoms with van der Waals surface area (Å²) in [7, 11) is 3.79. The Kier molecular flexibility index (Phi) is 4.58.